The Morgan fingerprint density at radius 1 is 0.958 bits per heavy atom. The molecule has 3 rings (SSSR count). The predicted octanol–water partition coefficient (Wildman–Crippen LogP) is 5.05. The van der Waals surface area contributed by atoms with Gasteiger partial charge < -0.3 is 0 Å². The molecule has 0 saturated heterocycles. The van der Waals surface area contributed by atoms with Crippen LogP contribution in [-0.4, -0.2) is 10.8 Å². The number of halogens is 4. The molecule has 0 atom stereocenters. The van der Waals surface area contributed by atoms with E-state index >= 15 is 0 Å². The molecule has 0 radical (unpaired) electrons. The zero-order valence-electron chi connectivity index (χ0n) is 12.1. The van der Waals surface area contributed by atoms with Crippen LogP contribution in [0.3, 0.4) is 0 Å². The number of hydrogen-bond acceptors (Lipinski definition) is 2. The first-order valence-electron chi connectivity index (χ1n) is 6.87. The maximum absolute atomic E-state index is 13.9. The number of pyridine rings is 1. The first kappa shape index (κ1) is 16.2. The Bertz CT molecular complexity index is 923. The van der Waals surface area contributed by atoms with E-state index in [2.05, 4.69) is 4.98 Å². The highest BCUT2D eigenvalue weighted by molar-refractivity contribution is 6.35. The number of rotatable bonds is 3. The normalized spacial score (nSPS) is 10.7. The van der Waals surface area contributed by atoms with Gasteiger partial charge in [-0.05, 0) is 42.5 Å². The molecule has 24 heavy (non-hydrogen) atoms. The van der Waals surface area contributed by atoms with Crippen molar-refractivity contribution in [3.8, 4) is 11.3 Å². The summed E-state index contributed by atoms with van der Waals surface area (Å²) in [7, 11) is 0. The summed E-state index contributed by atoms with van der Waals surface area (Å²) in [5.74, 6) is -2.64. The topological polar surface area (TPSA) is 30.0 Å². The van der Waals surface area contributed by atoms with Crippen molar-refractivity contribution in [2.24, 2.45) is 0 Å². The second-order valence-corrected chi connectivity index (χ2v) is 5.39. The highest BCUT2D eigenvalue weighted by Crippen LogP contribution is 2.26. The van der Waals surface area contributed by atoms with Crippen LogP contribution in [0.4, 0.5) is 13.2 Å². The van der Waals surface area contributed by atoms with Crippen LogP contribution in [0.15, 0.2) is 54.7 Å². The molecule has 0 aliphatic heterocycles. The molecule has 0 unspecified atom stereocenters. The van der Waals surface area contributed by atoms with Crippen LogP contribution >= 0.6 is 11.6 Å². The van der Waals surface area contributed by atoms with Gasteiger partial charge in [-0.2, -0.15) is 0 Å². The monoisotopic (exact) mass is 347 g/mol. The molecule has 3 aromatic rings. The molecule has 0 saturated carbocycles. The second-order valence-electron chi connectivity index (χ2n) is 4.98. The zero-order valence-corrected chi connectivity index (χ0v) is 12.8. The predicted molar refractivity (Wildman–Crippen MR) is 84.4 cm³/mol. The quantitative estimate of drug-likeness (QED) is 0.620. The van der Waals surface area contributed by atoms with E-state index in [1.54, 1.807) is 0 Å². The summed E-state index contributed by atoms with van der Waals surface area (Å²) in [4.78, 5) is 16.4. The molecule has 0 N–H and O–H groups in total. The third-order valence-electron chi connectivity index (χ3n) is 3.42. The van der Waals surface area contributed by atoms with Crippen LogP contribution in [-0.2, 0) is 0 Å². The summed E-state index contributed by atoms with van der Waals surface area (Å²) in [6, 6.07) is 9.49. The summed E-state index contributed by atoms with van der Waals surface area (Å²) >= 11 is 5.89. The molecule has 2 aromatic carbocycles. The fraction of sp³-hybridized carbons (Fsp3) is 0. The van der Waals surface area contributed by atoms with Crippen LogP contribution in [0, 0.1) is 17.5 Å². The molecule has 0 aliphatic carbocycles. The maximum atomic E-state index is 13.9. The SMILES string of the molecule is O=C(c1ccnc(-c2c(F)cccc2F)c1)c1ccc(F)cc1Cl. The standard InChI is InChI=1S/C18H9ClF3NO/c19-13-9-11(20)4-5-12(13)18(24)10-6-7-23-16(8-10)17-14(21)2-1-3-15(17)22/h1-9H. The van der Waals surface area contributed by atoms with Crippen LogP contribution in [0.1, 0.15) is 15.9 Å². The lowest BCUT2D eigenvalue weighted by atomic mass is 10.0. The van der Waals surface area contributed by atoms with Crippen LogP contribution in [0.2, 0.25) is 5.02 Å². The fourth-order valence-corrected chi connectivity index (χ4v) is 2.53. The highest BCUT2D eigenvalue weighted by atomic mass is 35.5. The number of ketones is 1. The molecule has 6 heteroatoms. The maximum Gasteiger partial charge on any atom is 0.194 e. The van der Waals surface area contributed by atoms with Crippen molar-refractivity contribution in [2.75, 3.05) is 0 Å². The molecule has 0 fully saturated rings. The Hall–Kier alpha value is -2.66. The molecule has 0 bridgehead atoms. The van der Waals surface area contributed by atoms with Gasteiger partial charge in [0.2, 0.25) is 0 Å². The molecule has 2 nitrogen and oxygen atoms in total. The van der Waals surface area contributed by atoms with E-state index in [0.717, 1.165) is 24.3 Å². The minimum Gasteiger partial charge on any atom is -0.289 e. The van der Waals surface area contributed by atoms with Crippen molar-refractivity contribution in [3.05, 3.63) is 88.3 Å². The van der Waals surface area contributed by atoms with Crippen molar-refractivity contribution < 1.29 is 18.0 Å². The lowest BCUT2D eigenvalue weighted by molar-refractivity contribution is 0.103. The van der Waals surface area contributed by atoms with Gasteiger partial charge in [-0.25, -0.2) is 13.2 Å². The molecular formula is C18H9ClF3NO. The Kier molecular flexibility index (Phi) is 4.36. The van der Waals surface area contributed by atoms with E-state index in [1.807, 2.05) is 0 Å². The Morgan fingerprint density at radius 2 is 1.67 bits per heavy atom. The summed E-state index contributed by atoms with van der Waals surface area (Å²) in [5.41, 5.74) is -0.118. The average Bonchev–Trinajstić information content (AvgIpc) is 2.54. The van der Waals surface area contributed by atoms with E-state index in [1.165, 1.54) is 30.5 Å². The molecule has 120 valence electrons. The smallest absolute Gasteiger partial charge is 0.194 e. The minimum atomic E-state index is -0.785. The van der Waals surface area contributed by atoms with Gasteiger partial charge >= 0.3 is 0 Å². The van der Waals surface area contributed by atoms with Gasteiger partial charge in [0.1, 0.15) is 17.5 Å². The molecule has 0 amide bonds. The molecule has 1 aromatic heterocycles. The fourth-order valence-electron chi connectivity index (χ4n) is 2.28. The van der Waals surface area contributed by atoms with Crippen LogP contribution in [0.25, 0.3) is 11.3 Å². The number of nitrogens with zero attached hydrogens (tertiary/aromatic N) is 1. The number of hydrogen-bond donors (Lipinski definition) is 0. The van der Waals surface area contributed by atoms with E-state index in [9.17, 15) is 18.0 Å². The molecule has 0 aliphatic rings. The number of carbonyl (C=O) groups excluding carboxylic acids is 1. The van der Waals surface area contributed by atoms with E-state index < -0.39 is 23.2 Å². The van der Waals surface area contributed by atoms with Gasteiger partial charge in [0.15, 0.2) is 5.78 Å². The van der Waals surface area contributed by atoms with Crippen molar-refractivity contribution in [3.63, 3.8) is 0 Å². The lowest BCUT2D eigenvalue weighted by Gasteiger charge is -2.07. The number of carbonyl (C=O) groups is 1. The summed E-state index contributed by atoms with van der Waals surface area (Å²) < 4.78 is 40.8. The lowest BCUT2D eigenvalue weighted by Crippen LogP contribution is -2.04. The number of benzene rings is 2. The first-order chi connectivity index (χ1) is 11.5. The van der Waals surface area contributed by atoms with E-state index in [0.29, 0.717) is 0 Å². The van der Waals surface area contributed by atoms with E-state index in [4.69, 9.17) is 11.6 Å². The molecular weight excluding hydrogens is 339 g/mol. The zero-order chi connectivity index (χ0) is 17.3. The van der Waals surface area contributed by atoms with Gasteiger partial charge in [0, 0.05) is 17.3 Å². The van der Waals surface area contributed by atoms with Gasteiger partial charge in [0.05, 0.1) is 16.3 Å². The Balaban J connectivity index is 2.06. The van der Waals surface area contributed by atoms with Crippen molar-refractivity contribution in [1.82, 2.24) is 4.98 Å². The second kappa shape index (κ2) is 6.45. The highest BCUT2D eigenvalue weighted by Gasteiger charge is 2.17. The third-order valence-corrected chi connectivity index (χ3v) is 3.73. The largest absolute Gasteiger partial charge is 0.289 e. The first-order valence-corrected chi connectivity index (χ1v) is 7.25. The van der Waals surface area contributed by atoms with Gasteiger partial charge in [0.25, 0.3) is 0 Å². The Morgan fingerprint density at radius 3 is 2.33 bits per heavy atom. The van der Waals surface area contributed by atoms with E-state index in [-0.39, 0.29) is 27.4 Å². The van der Waals surface area contributed by atoms with Crippen molar-refractivity contribution >= 4 is 17.4 Å². The summed E-state index contributed by atoms with van der Waals surface area (Å²) in [5, 5.41) is -0.0459. The molecule has 1 heterocycles. The Labute approximate surface area is 140 Å². The van der Waals surface area contributed by atoms with Crippen LogP contribution in [0.5, 0.6) is 0 Å². The third kappa shape index (κ3) is 3.03. The minimum absolute atomic E-state index is 0.0188. The molecule has 0 spiro atoms. The van der Waals surface area contributed by atoms with Crippen molar-refractivity contribution in [2.45, 2.75) is 0 Å². The van der Waals surface area contributed by atoms with Crippen molar-refractivity contribution in [1.29, 1.82) is 0 Å². The van der Waals surface area contributed by atoms with Crippen LogP contribution < -0.4 is 0 Å². The van der Waals surface area contributed by atoms with Gasteiger partial charge in [-0.15, -0.1) is 0 Å². The van der Waals surface area contributed by atoms with Gasteiger partial charge in [-0.3, -0.25) is 9.78 Å². The van der Waals surface area contributed by atoms with Gasteiger partial charge in [-0.1, -0.05) is 17.7 Å². The number of aromatic nitrogens is 1. The average molecular weight is 348 g/mol. The summed E-state index contributed by atoms with van der Waals surface area (Å²) in [6.07, 6.45) is 1.27. The summed E-state index contributed by atoms with van der Waals surface area (Å²) in [6.45, 7) is 0.